The highest BCUT2D eigenvalue weighted by Gasteiger charge is 2.16. The number of furan rings is 1. The number of aryl methyl sites for hydroxylation is 1. The van der Waals surface area contributed by atoms with Gasteiger partial charge in [0.15, 0.2) is 22.5 Å². The van der Waals surface area contributed by atoms with Crippen LogP contribution < -0.4 is 4.74 Å². The van der Waals surface area contributed by atoms with Gasteiger partial charge in [-0.15, -0.1) is 10.2 Å². The molecule has 2 aromatic heterocycles. The molecule has 7 heteroatoms. The highest BCUT2D eigenvalue weighted by Crippen LogP contribution is 2.29. The van der Waals surface area contributed by atoms with E-state index in [0.717, 1.165) is 33.4 Å². The molecule has 2 aromatic carbocycles. The van der Waals surface area contributed by atoms with Crippen molar-refractivity contribution in [2.24, 2.45) is 0 Å². The summed E-state index contributed by atoms with van der Waals surface area (Å²) < 4.78 is 26.5. The monoisotopic (exact) mass is 409 g/mol. The molecule has 5 nitrogen and oxygen atoms in total. The van der Waals surface area contributed by atoms with Gasteiger partial charge in [-0.05, 0) is 42.8 Å². The number of nitrogens with zero attached hydrogens (tertiary/aromatic N) is 3. The third kappa shape index (κ3) is 4.35. The molecule has 0 fully saturated rings. The standard InChI is InChI=1S/C22H20FN3O2S/c1-15-5-3-6-17(11-15)21-24-25-22(26(21)13-18-7-4-10-28-18)29-14-16-8-9-20(27-2)19(23)12-16/h3-12H,13-14H2,1-2H3. The van der Waals surface area contributed by atoms with Gasteiger partial charge in [0.2, 0.25) is 0 Å². The van der Waals surface area contributed by atoms with Crippen LogP contribution in [-0.2, 0) is 12.3 Å². The molecule has 0 amide bonds. The third-order valence-electron chi connectivity index (χ3n) is 4.47. The topological polar surface area (TPSA) is 53.1 Å². The van der Waals surface area contributed by atoms with Crippen LogP contribution in [0.25, 0.3) is 11.4 Å². The highest BCUT2D eigenvalue weighted by atomic mass is 32.2. The number of benzene rings is 2. The summed E-state index contributed by atoms with van der Waals surface area (Å²) in [6.45, 7) is 2.56. The molecule has 0 saturated carbocycles. The number of methoxy groups -OCH3 is 1. The fourth-order valence-corrected chi connectivity index (χ4v) is 3.92. The smallest absolute Gasteiger partial charge is 0.192 e. The summed E-state index contributed by atoms with van der Waals surface area (Å²) in [5, 5.41) is 9.56. The van der Waals surface area contributed by atoms with Crippen LogP contribution in [0, 0.1) is 12.7 Å². The van der Waals surface area contributed by atoms with E-state index < -0.39 is 0 Å². The Balaban J connectivity index is 1.63. The van der Waals surface area contributed by atoms with Crippen molar-refractivity contribution < 1.29 is 13.5 Å². The molecule has 0 unspecified atom stereocenters. The van der Waals surface area contributed by atoms with Crippen LogP contribution in [0.5, 0.6) is 5.75 Å². The molecule has 0 aliphatic carbocycles. The van der Waals surface area contributed by atoms with Gasteiger partial charge in [0, 0.05) is 11.3 Å². The lowest BCUT2D eigenvalue weighted by Gasteiger charge is -2.10. The molecule has 0 radical (unpaired) electrons. The molecule has 0 N–H and O–H groups in total. The second-order valence-electron chi connectivity index (χ2n) is 6.60. The first-order valence-electron chi connectivity index (χ1n) is 9.12. The van der Waals surface area contributed by atoms with Gasteiger partial charge in [-0.1, -0.05) is 41.6 Å². The summed E-state index contributed by atoms with van der Waals surface area (Å²) in [6.07, 6.45) is 1.65. The molecule has 0 atom stereocenters. The van der Waals surface area contributed by atoms with E-state index in [0.29, 0.717) is 12.3 Å². The van der Waals surface area contributed by atoms with Crippen molar-refractivity contribution in [3.8, 4) is 17.1 Å². The Morgan fingerprint density at radius 3 is 2.72 bits per heavy atom. The van der Waals surface area contributed by atoms with E-state index in [4.69, 9.17) is 9.15 Å². The second kappa shape index (κ2) is 8.53. The zero-order chi connectivity index (χ0) is 20.2. The summed E-state index contributed by atoms with van der Waals surface area (Å²) in [5.74, 6) is 2.01. The van der Waals surface area contributed by atoms with E-state index in [1.54, 1.807) is 12.3 Å². The van der Waals surface area contributed by atoms with Gasteiger partial charge >= 0.3 is 0 Å². The second-order valence-corrected chi connectivity index (χ2v) is 7.54. The Labute approximate surface area is 172 Å². The number of hydrogen-bond acceptors (Lipinski definition) is 5. The van der Waals surface area contributed by atoms with E-state index in [9.17, 15) is 4.39 Å². The Morgan fingerprint density at radius 1 is 1.10 bits per heavy atom. The number of halogens is 1. The minimum absolute atomic E-state index is 0.237. The predicted octanol–water partition coefficient (Wildman–Crippen LogP) is 5.33. The number of thioether (sulfide) groups is 1. The molecule has 0 bridgehead atoms. The van der Waals surface area contributed by atoms with Crippen LogP contribution in [0.15, 0.2) is 70.4 Å². The Bertz CT molecular complexity index is 1110. The molecule has 4 aromatic rings. The van der Waals surface area contributed by atoms with Crippen molar-refractivity contribution >= 4 is 11.8 Å². The first-order chi connectivity index (χ1) is 14.1. The number of aromatic nitrogens is 3. The van der Waals surface area contributed by atoms with Crippen LogP contribution in [0.4, 0.5) is 4.39 Å². The van der Waals surface area contributed by atoms with Crippen LogP contribution >= 0.6 is 11.8 Å². The SMILES string of the molecule is COc1ccc(CSc2nnc(-c3cccc(C)c3)n2Cc2ccco2)cc1F. The number of ether oxygens (including phenoxy) is 1. The number of rotatable bonds is 7. The van der Waals surface area contributed by atoms with Crippen LogP contribution in [0.1, 0.15) is 16.9 Å². The van der Waals surface area contributed by atoms with Crippen LogP contribution in [0.2, 0.25) is 0 Å². The zero-order valence-electron chi connectivity index (χ0n) is 16.1. The minimum Gasteiger partial charge on any atom is -0.494 e. The fraction of sp³-hybridized carbons (Fsp3) is 0.182. The number of hydrogen-bond donors (Lipinski definition) is 0. The van der Waals surface area contributed by atoms with Crippen molar-refractivity contribution in [2.75, 3.05) is 7.11 Å². The van der Waals surface area contributed by atoms with Gasteiger partial charge in [-0.3, -0.25) is 4.57 Å². The van der Waals surface area contributed by atoms with Crippen molar-refractivity contribution in [1.82, 2.24) is 14.8 Å². The average Bonchev–Trinajstić information content (AvgIpc) is 3.37. The third-order valence-corrected chi connectivity index (χ3v) is 5.51. The van der Waals surface area contributed by atoms with E-state index >= 15 is 0 Å². The van der Waals surface area contributed by atoms with Crippen molar-refractivity contribution in [1.29, 1.82) is 0 Å². The molecular formula is C22H20FN3O2S. The van der Waals surface area contributed by atoms with Crippen molar-refractivity contribution in [2.45, 2.75) is 24.4 Å². The summed E-state index contributed by atoms with van der Waals surface area (Å²) in [4.78, 5) is 0. The lowest BCUT2D eigenvalue weighted by Crippen LogP contribution is -2.03. The average molecular weight is 409 g/mol. The molecule has 4 rings (SSSR count). The summed E-state index contributed by atoms with van der Waals surface area (Å²) in [5.41, 5.74) is 2.99. The normalized spacial score (nSPS) is 11.0. The Hall–Kier alpha value is -3.06. The van der Waals surface area contributed by atoms with E-state index in [1.165, 1.54) is 24.9 Å². The maximum atomic E-state index is 14.0. The maximum absolute atomic E-state index is 14.0. The summed E-state index contributed by atoms with van der Waals surface area (Å²) >= 11 is 1.50. The minimum atomic E-state index is -0.372. The van der Waals surface area contributed by atoms with Gasteiger partial charge in [0.1, 0.15) is 5.76 Å². The maximum Gasteiger partial charge on any atom is 0.192 e. The van der Waals surface area contributed by atoms with Gasteiger partial charge in [0.25, 0.3) is 0 Å². The Morgan fingerprint density at radius 2 is 2.00 bits per heavy atom. The quantitative estimate of drug-likeness (QED) is 0.386. The van der Waals surface area contributed by atoms with Crippen molar-refractivity contribution in [3.63, 3.8) is 0 Å². The summed E-state index contributed by atoms with van der Waals surface area (Å²) in [6, 6.07) is 16.9. The van der Waals surface area contributed by atoms with Gasteiger partial charge in [-0.2, -0.15) is 0 Å². The first-order valence-corrected chi connectivity index (χ1v) is 10.1. The van der Waals surface area contributed by atoms with E-state index in [1.807, 2.05) is 47.9 Å². The van der Waals surface area contributed by atoms with Crippen LogP contribution in [-0.4, -0.2) is 21.9 Å². The molecule has 2 heterocycles. The lowest BCUT2D eigenvalue weighted by molar-refractivity contribution is 0.386. The predicted molar refractivity (Wildman–Crippen MR) is 111 cm³/mol. The molecular weight excluding hydrogens is 389 g/mol. The fourth-order valence-electron chi connectivity index (χ4n) is 3.04. The Kier molecular flexibility index (Phi) is 5.67. The largest absolute Gasteiger partial charge is 0.494 e. The highest BCUT2D eigenvalue weighted by molar-refractivity contribution is 7.98. The van der Waals surface area contributed by atoms with Gasteiger partial charge in [-0.25, -0.2) is 4.39 Å². The molecule has 148 valence electrons. The zero-order valence-corrected chi connectivity index (χ0v) is 16.9. The molecule has 0 aliphatic rings. The molecule has 0 aliphatic heterocycles. The molecule has 29 heavy (non-hydrogen) atoms. The summed E-state index contributed by atoms with van der Waals surface area (Å²) in [7, 11) is 1.46. The van der Waals surface area contributed by atoms with Gasteiger partial charge in [0.05, 0.1) is 19.9 Å². The van der Waals surface area contributed by atoms with Crippen LogP contribution in [0.3, 0.4) is 0 Å². The lowest BCUT2D eigenvalue weighted by atomic mass is 10.1. The van der Waals surface area contributed by atoms with Gasteiger partial charge < -0.3 is 9.15 Å². The first kappa shape index (κ1) is 19.3. The van der Waals surface area contributed by atoms with E-state index in [-0.39, 0.29) is 11.6 Å². The molecule has 0 saturated heterocycles. The molecule has 0 spiro atoms. The van der Waals surface area contributed by atoms with Crippen molar-refractivity contribution in [3.05, 3.63) is 83.6 Å². The van der Waals surface area contributed by atoms with E-state index in [2.05, 4.69) is 16.3 Å².